The maximum atomic E-state index is 12.9. The van der Waals surface area contributed by atoms with Crippen LogP contribution in [-0.2, 0) is 25.4 Å². The predicted molar refractivity (Wildman–Crippen MR) is 117 cm³/mol. The van der Waals surface area contributed by atoms with E-state index in [-0.39, 0.29) is 30.9 Å². The number of ether oxygens (including phenoxy) is 4. The van der Waals surface area contributed by atoms with Crippen molar-refractivity contribution in [3.63, 3.8) is 0 Å². The molecule has 7 heteroatoms. The fraction of sp³-hybridized carbons (Fsp3) is 0.417. The number of halogens is 1. The number of aryl methyl sites for hydroxylation is 1. The maximum absolute atomic E-state index is 12.9. The Bertz CT molecular complexity index is 922. The van der Waals surface area contributed by atoms with Crippen LogP contribution in [0.2, 0.25) is 5.02 Å². The molecule has 166 valence electrons. The van der Waals surface area contributed by atoms with Gasteiger partial charge in [0.2, 0.25) is 0 Å². The lowest BCUT2D eigenvalue weighted by molar-refractivity contribution is -0.158. The van der Waals surface area contributed by atoms with Gasteiger partial charge in [0.05, 0.1) is 19.3 Å². The average molecular weight is 447 g/mol. The van der Waals surface area contributed by atoms with Gasteiger partial charge in [-0.1, -0.05) is 23.7 Å². The monoisotopic (exact) mass is 446 g/mol. The molecule has 1 saturated heterocycles. The van der Waals surface area contributed by atoms with Crippen molar-refractivity contribution in [1.82, 2.24) is 0 Å². The van der Waals surface area contributed by atoms with Gasteiger partial charge in [-0.2, -0.15) is 0 Å². The van der Waals surface area contributed by atoms with Crippen molar-refractivity contribution in [1.29, 1.82) is 0 Å². The first kappa shape index (κ1) is 23.3. The zero-order valence-corrected chi connectivity index (χ0v) is 18.7. The highest BCUT2D eigenvalue weighted by Crippen LogP contribution is 2.28. The van der Waals surface area contributed by atoms with E-state index in [1.165, 1.54) is 7.11 Å². The first-order valence-corrected chi connectivity index (χ1v) is 10.6. The second-order valence-electron chi connectivity index (χ2n) is 7.82. The minimum absolute atomic E-state index is 0.142. The first-order chi connectivity index (χ1) is 14.8. The van der Waals surface area contributed by atoms with Crippen molar-refractivity contribution >= 4 is 23.4 Å². The van der Waals surface area contributed by atoms with E-state index < -0.39 is 5.79 Å². The van der Waals surface area contributed by atoms with Gasteiger partial charge in [-0.15, -0.1) is 0 Å². The molecule has 2 aromatic carbocycles. The molecule has 0 spiro atoms. The van der Waals surface area contributed by atoms with Crippen molar-refractivity contribution in [2.24, 2.45) is 0 Å². The Kier molecular flexibility index (Phi) is 7.70. The Morgan fingerprint density at radius 3 is 2.55 bits per heavy atom. The van der Waals surface area contributed by atoms with Gasteiger partial charge in [0.15, 0.2) is 11.6 Å². The summed E-state index contributed by atoms with van der Waals surface area (Å²) < 4.78 is 21.9. The lowest BCUT2D eigenvalue weighted by Crippen LogP contribution is -2.25. The minimum atomic E-state index is -0.637. The van der Waals surface area contributed by atoms with E-state index in [4.69, 9.17) is 30.5 Å². The van der Waals surface area contributed by atoms with Gasteiger partial charge in [0.1, 0.15) is 18.5 Å². The molecule has 1 unspecified atom stereocenters. The van der Waals surface area contributed by atoms with Gasteiger partial charge in [-0.05, 0) is 62.6 Å². The van der Waals surface area contributed by atoms with Crippen LogP contribution >= 0.6 is 11.6 Å². The van der Waals surface area contributed by atoms with Crippen molar-refractivity contribution in [2.75, 3.05) is 20.3 Å². The van der Waals surface area contributed by atoms with Crippen LogP contribution in [0.3, 0.4) is 0 Å². The molecule has 1 aliphatic rings. The Morgan fingerprint density at radius 1 is 1.16 bits per heavy atom. The van der Waals surface area contributed by atoms with Crippen LogP contribution in [-0.4, -0.2) is 44.0 Å². The SMILES string of the molecule is COc1c(CCCC(=O)OCC2COC(C)(C)O2)cccc1C(=O)c1ccc(Cl)cc1. The largest absolute Gasteiger partial charge is 0.496 e. The highest BCUT2D eigenvalue weighted by atomic mass is 35.5. The molecule has 0 N–H and O–H groups in total. The van der Waals surface area contributed by atoms with Crippen molar-refractivity contribution in [3.05, 3.63) is 64.2 Å². The van der Waals surface area contributed by atoms with Crippen LogP contribution in [0.5, 0.6) is 5.75 Å². The van der Waals surface area contributed by atoms with Crippen molar-refractivity contribution in [3.8, 4) is 5.75 Å². The Labute approximate surface area is 187 Å². The summed E-state index contributed by atoms with van der Waals surface area (Å²) in [6.45, 7) is 4.24. The topological polar surface area (TPSA) is 71.1 Å². The quantitative estimate of drug-likeness (QED) is 0.414. The summed E-state index contributed by atoms with van der Waals surface area (Å²) >= 11 is 5.91. The third kappa shape index (κ3) is 6.29. The molecule has 6 nitrogen and oxygen atoms in total. The van der Waals surface area contributed by atoms with Crippen LogP contribution in [0.4, 0.5) is 0 Å². The summed E-state index contributed by atoms with van der Waals surface area (Å²) in [4.78, 5) is 25.0. The molecule has 0 saturated carbocycles. The molecule has 2 aromatic rings. The lowest BCUT2D eigenvalue weighted by Gasteiger charge is -2.17. The third-order valence-electron chi connectivity index (χ3n) is 4.98. The van der Waals surface area contributed by atoms with Gasteiger partial charge in [0, 0.05) is 17.0 Å². The second kappa shape index (κ2) is 10.3. The Hall–Kier alpha value is -2.41. The summed E-state index contributed by atoms with van der Waals surface area (Å²) in [5.41, 5.74) is 1.88. The molecule has 0 aromatic heterocycles. The Balaban J connectivity index is 1.55. The molecular weight excluding hydrogens is 420 g/mol. The summed E-state index contributed by atoms with van der Waals surface area (Å²) in [5, 5.41) is 0.569. The normalized spacial score (nSPS) is 17.4. The second-order valence-corrected chi connectivity index (χ2v) is 8.26. The molecule has 31 heavy (non-hydrogen) atoms. The highest BCUT2D eigenvalue weighted by Gasteiger charge is 2.33. The van der Waals surface area contributed by atoms with Crippen LogP contribution in [0.1, 0.15) is 48.2 Å². The standard InChI is InChI=1S/C24H27ClO6/c1-24(2)30-15-19(31-24)14-29-21(26)9-5-7-17-6-4-8-20(23(17)28-3)22(27)16-10-12-18(25)13-11-16/h4,6,8,10-13,19H,5,7,9,14-15H2,1-3H3. The summed E-state index contributed by atoms with van der Waals surface area (Å²) in [6, 6.07) is 12.2. The number of ketones is 1. The molecular formula is C24H27ClO6. The number of rotatable bonds is 9. The van der Waals surface area contributed by atoms with Gasteiger partial charge < -0.3 is 18.9 Å². The van der Waals surface area contributed by atoms with E-state index in [0.717, 1.165) is 5.56 Å². The number of hydrogen-bond acceptors (Lipinski definition) is 6. The molecule has 0 aliphatic carbocycles. The van der Waals surface area contributed by atoms with Crippen LogP contribution < -0.4 is 4.74 Å². The van der Waals surface area contributed by atoms with E-state index in [9.17, 15) is 9.59 Å². The minimum Gasteiger partial charge on any atom is -0.496 e. The third-order valence-corrected chi connectivity index (χ3v) is 5.23. The number of carbonyl (C=O) groups is 2. The van der Waals surface area contributed by atoms with Gasteiger partial charge >= 0.3 is 5.97 Å². The number of para-hydroxylation sites is 1. The summed E-state index contributed by atoms with van der Waals surface area (Å²) in [5.74, 6) is -0.547. The molecule has 0 amide bonds. The maximum Gasteiger partial charge on any atom is 0.305 e. The fourth-order valence-electron chi connectivity index (χ4n) is 3.48. The molecule has 3 rings (SSSR count). The molecule has 1 fully saturated rings. The van der Waals surface area contributed by atoms with Gasteiger partial charge in [0.25, 0.3) is 0 Å². The Morgan fingerprint density at radius 2 is 1.90 bits per heavy atom. The highest BCUT2D eigenvalue weighted by molar-refractivity contribution is 6.30. The van der Waals surface area contributed by atoms with Crippen LogP contribution in [0, 0.1) is 0 Å². The lowest BCUT2D eigenvalue weighted by atomic mass is 9.97. The zero-order valence-electron chi connectivity index (χ0n) is 18.0. The first-order valence-electron chi connectivity index (χ1n) is 10.2. The summed E-state index contributed by atoms with van der Waals surface area (Å²) in [7, 11) is 1.54. The molecule has 0 bridgehead atoms. The number of hydrogen-bond donors (Lipinski definition) is 0. The smallest absolute Gasteiger partial charge is 0.305 e. The van der Waals surface area contributed by atoms with E-state index in [1.54, 1.807) is 30.3 Å². The number of carbonyl (C=O) groups excluding carboxylic acids is 2. The van der Waals surface area contributed by atoms with E-state index >= 15 is 0 Å². The number of esters is 1. The van der Waals surface area contributed by atoms with Crippen LogP contribution in [0.25, 0.3) is 0 Å². The van der Waals surface area contributed by atoms with E-state index in [0.29, 0.717) is 41.3 Å². The predicted octanol–water partition coefficient (Wildman–Crippen LogP) is 4.60. The molecule has 1 atom stereocenters. The van der Waals surface area contributed by atoms with Gasteiger partial charge in [-0.25, -0.2) is 0 Å². The zero-order chi connectivity index (χ0) is 22.4. The van der Waals surface area contributed by atoms with Gasteiger partial charge in [-0.3, -0.25) is 9.59 Å². The average Bonchev–Trinajstić information content (AvgIpc) is 3.10. The van der Waals surface area contributed by atoms with Crippen LogP contribution in [0.15, 0.2) is 42.5 Å². The number of methoxy groups -OCH3 is 1. The van der Waals surface area contributed by atoms with Crippen molar-refractivity contribution < 1.29 is 28.5 Å². The fourth-order valence-corrected chi connectivity index (χ4v) is 3.61. The molecule has 0 radical (unpaired) electrons. The number of benzene rings is 2. The molecule has 1 aliphatic heterocycles. The summed E-state index contributed by atoms with van der Waals surface area (Å²) in [6.07, 6.45) is 1.17. The van der Waals surface area contributed by atoms with E-state index in [2.05, 4.69) is 0 Å². The van der Waals surface area contributed by atoms with Crippen molar-refractivity contribution in [2.45, 2.75) is 45.0 Å². The molecule has 1 heterocycles. The van der Waals surface area contributed by atoms with E-state index in [1.807, 2.05) is 26.0 Å².